The highest BCUT2D eigenvalue weighted by Crippen LogP contribution is 2.28. The average molecular weight is 337 g/mol. The van der Waals surface area contributed by atoms with E-state index in [9.17, 15) is 4.79 Å². The quantitative estimate of drug-likeness (QED) is 0.916. The molecule has 1 saturated carbocycles. The molecule has 2 heterocycles. The largest absolute Gasteiger partial charge is 0.465 e. The van der Waals surface area contributed by atoms with Crippen LogP contribution in [0.3, 0.4) is 0 Å². The maximum Gasteiger partial charge on any atom is 0.225 e. The fraction of sp³-hybridized carbons (Fsp3) is 0.722. The van der Waals surface area contributed by atoms with Crippen molar-refractivity contribution in [3.05, 3.63) is 23.7 Å². The molecule has 0 unspecified atom stereocenters. The van der Waals surface area contributed by atoms with E-state index in [1.807, 2.05) is 24.8 Å². The van der Waals surface area contributed by atoms with Gasteiger partial charge in [0.25, 0.3) is 0 Å². The van der Waals surface area contributed by atoms with Gasteiger partial charge in [0.1, 0.15) is 11.5 Å². The van der Waals surface area contributed by atoms with Gasteiger partial charge in [-0.25, -0.2) is 0 Å². The highest BCUT2D eigenvalue weighted by atomic mass is 32.2. The van der Waals surface area contributed by atoms with Gasteiger partial charge in [0.2, 0.25) is 5.91 Å². The van der Waals surface area contributed by atoms with Crippen molar-refractivity contribution in [1.82, 2.24) is 10.2 Å². The maximum atomic E-state index is 12.6. The zero-order valence-electron chi connectivity index (χ0n) is 14.2. The molecule has 1 aliphatic heterocycles. The molecule has 128 valence electrons. The van der Waals surface area contributed by atoms with E-state index in [0.717, 1.165) is 61.8 Å². The summed E-state index contributed by atoms with van der Waals surface area (Å²) in [5.41, 5.74) is 0. The lowest BCUT2D eigenvalue weighted by Gasteiger charge is -2.34. The Kier molecular flexibility index (Phi) is 5.70. The molecule has 1 aromatic rings. The second kappa shape index (κ2) is 7.75. The molecule has 3 rings (SSSR count). The van der Waals surface area contributed by atoms with Crippen molar-refractivity contribution in [2.24, 2.45) is 5.92 Å². The van der Waals surface area contributed by atoms with Crippen LogP contribution in [0.25, 0.3) is 0 Å². The minimum absolute atomic E-state index is 0.236. The number of amides is 1. The summed E-state index contributed by atoms with van der Waals surface area (Å²) >= 11 is 1.96. The molecule has 1 N–H and O–H groups in total. The van der Waals surface area contributed by atoms with Crippen molar-refractivity contribution < 1.29 is 9.21 Å². The molecular formula is C18H28N2O2S. The number of furan rings is 1. The van der Waals surface area contributed by atoms with Gasteiger partial charge in [-0.1, -0.05) is 0 Å². The highest BCUT2D eigenvalue weighted by molar-refractivity contribution is 7.99. The van der Waals surface area contributed by atoms with Gasteiger partial charge in [-0.15, -0.1) is 0 Å². The van der Waals surface area contributed by atoms with Gasteiger partial charge < -0.3 is 14.6 Å². The lowest BCUT2D eigenvalue weighted by atomic mass is 9.84. The lowest BCUT2D eigenvalue weighted by molar-refractivity contribution is -0.136. The van der Waals surface area contributed by atoms with Crippen LogP contribution in [0.2, 0.25) is 0 Å². The summed E-state index contributed by atoms with van der Waals surface area (Å²) in [7, 11) is 0. The number of hydrogen-bond donors (Lipinski definition) is 1. The van der Waals surface area contributed by atoms with E-state index in [2.05, 4.69) is 23.2 Å². The molecule has 0 spiro atoms. The fourth-order valence-corrected chi connectivity index (χ4v) is 4.57. The number of nitrogens with one attached hydrogen (secondary N) is 1. The van der Waals surface area contributed by atoms with Gasteiger partial charge in [0.05, 0.1) is 6.04 Å². The second-order valence-corrected chi connectivity index (χ2v) is 8.05. The van der Waals surface area contributed by atoms with Gasteiger partial charge in [-0.05, 0) is 51.7 Å². The smallest absolute Gasteiger partial charge is 0.225 e. The lowest BCUT2D eigenvalue weighted by Crippen LogP contribution is -2.44. The van der Waals surface area contributed by atoms with E-state index >= 15 is 0 Å². The first kappa shape index (κ1) is 16.9. The van der Waals surface area contributed by atoms with Crippen LogP contribution in [0.4, 0.5) is 0 Å². The molecule has 4 nitrogen and oxygen atoms in total. The van der Waals surface area contributed by atoms with Crippen molar-refractivity contribution in [3.8, 4) is 0 Å². The van der Waals surface area contributed by atoms with Crippen LogP contribution in [0, 0.1) is 12.8 Å². The molecule has 1 aliphatic carbocycles. The normalized spacial score (nSPS) is 27.0. The summed E-state index contributed by atoms with van der Waals surface area (Å²) in [6, 6.07) is 4.80. The van der Waals surface area contributed by atoms with Gasteiger partial charge in [-0.2, -0.15) is 11.8 Å². The maximum absolute atomic E-state index is 12.6. The number of aryl methyl sites for hydroxylation is 1. The van der Waals surface area contributed by atoms with Crippen LogP contribution in [-0.2, 0) is 4.79 Å². The van der Waals surface area contributed by atoms with Crippen LogP contribution in [-0.4, -0.2) is 41.4 Å². The van der Waals surface area contributed by atoms with Crippen LogP contribution >= 0.6 is 11.8 Å². The summed E-state index contributed by atoms with van der Waals surface area (Å²) < 4.78 is 5.70. The summed E-state index contributed by atoms with van der Waals surface area (Å²) in [5.74, 6) is 4.82. The molecule has 1 amide bonds. The standard InChI is InChI=1S/C18H28N2O2S/c1-13-3-8-17(22-13)14(2)19-16-6-4-15(5-7-16)18(21)20-9-11-23-12-10-20/h3,8,14-16,19H,4-7,9-12H2,1-2H3/t14-,15?,16?/m1/s1. The van der Waals surface area contributed by atoms with E-state index < -0.39 is 0 Å². The number of carbonyl (C=O) groups excluding carboxylic acids is 1. The Balaban J connectivity index is 1.45. The Labute approximate surface area is 143 Å². The topological polar surface area (TPSA) is 45.5 Å². The minimum atomic E-state index is 0.236. The summed E-state index contributed by atoms with van der Waals surface area (Å²) in [6.45, 7) is 6.01. The van der Waals surface area contributed by atoms with Gasteiger partial charge in [0, 0.05) is 36.6 Å². The molecule has 23 heavy (non-hydrogen) atoms. The minimum Gasteiger partial charge on any atom is -0.465 e. The number of thioether (sulfide) groups is 1. The van der Waals surface area contributed by atoms with E-state index in [-0.39, 0.29) is 12.0 Å². The van der Waals surface area contributed by atoms with Gasteiger partial charge >= 0.3 is 0 Å². The fourth-order valence-electron chi connectivity index (χ4n) is 3.67. The Morgan fingerprint density at radius 2 is 1.96 bits per heavy atom. The van der Waals surface area contributed by atoms with Crippen molar-refractivity contribution in [1.29, 1.82) is 0 Å². The van der Waals surface area contributed by atoms with Crippen molar-refractivity contribution >= 4 is 17.7 Å². The number of rotatable bonds is 4. The molecular weight excluding hydrogens is 308 g/mol. The van der Waals surface area contributed by atoms with Gasteiger partial charge in [-0.3, -0.25) is 4.79 Å². The molecule has 0 radical (unpaired) electrons. The predicted molar refractivity (Wildman–Crippen MR) is 94.6 cm³/mol. The van der Waals surface area contributed by atoms with Crippen molar-refractivity contribution in [2.45, 2.75) is 51.6 Å². The zero-order chi connectivity index (χ0) is 16.2. The van der Waals surface area contributed by atoms with Crippen LogP contribution in [0.15, 0.2) is 16.5 Å². The van der Waals surface area contributed by atoms with Crippen LogP contribution in [0.5, 0.6) is 0 Å². The number of carbonyl (C=O) groups is 1. The molecule has 2 aliphatic rings. The molecule has 1 atom stereocenters. The summed E-state index contributed by atoms with van der Waals surface area (Å²) in [6.07, 6.45) is 4.21. The Hall–Kier alpha value is -0.940. The zero-order valence-corrected chi connectivity index (χ0v) is 15.0. The van der Waals surface area contributed by atoms with E-state index in [1.54, 1.807) is 0 Å². The van der Waals surface area contributed by atoms with Crippen molar-refractivity contribution in [3.63, 3.8) is 0 Å². The number of hydrogen-bond acceptors (Lipinski definition) is 4. The Morgan fingerprint density at radius 3 is 2.57 bits per heavy atom. The summed E-state index contributed by atoms with van der Waals surface area (Å²) in [4.78, 5) is 14.7. The van der Waals surface area contributed by atoms with E-state index in [1.165, 1.54) is 0 Å². The van der Waals surface area contributed by atoms with Gasteiger partial charge in [0.15, 0.2) is 0 Å². The first-order chi connectivity index (χ1) is 11.1. The highest BCUT2D eigenvalue weighted by Gasteiger charge is 2.30. The third-order valence-corrected chi connectivity index (χ3v) is 6.02. The summed E-state index contributed by atoms with van der Waals surface area (Å²) in [5, 5.41) is 3.67. The molecule has 0 bridgehead atoms. The molecule has 0 aromatic carbocycles. The molecule has 1 aromatic heterocycles. The third-order valence-electron chi connectivity index (χ3n) is 5.07. The Morgan fingerprint density at radius 1 is 1.26 bits per heavy atom. The molecule has 5 heteroatoms. The SMILES string of the molecule is Cc1ccc([C@@H](C)NC2CCC(C(=O)N3CCSCC3)CC2)o1. The second-order valence-electron chi connectivity index (χ2n) is 6.82. The van der Waals surface area contributed by atoms with Crippen LogP contribution < -0.4 is 5.32 Å². The molecule has 1 saturated heterocycles. The number of nitrogens with zero attached hydrogens (tertiary/aromatic N) is 1. The van der Waals surface area contributed by atoms with Crippen molar-refractivity contribution in [2.75, 3.05) is 24.6 Å². The third kappa shape index (κ3) is 4.32. The monoisotopic (exact) mass is 336 g/mol. The Bertz CT molecular complexity index is 517. The molecule has 2 fully saturated rings. The predicted octanol–water partition coefficient (Wildman–Crippen LogP) is 3.37. The average Bonchev–Trinajstić information content (AvgIpc) is 3.02. The first-order valence-corrected chi connectivity index (χ1v) is 9.98. The van der Waals surface area contributed by atoms with Crippen LogP contribution in [0.1, 0.15) is 50.2 Å². The van der Waals surface area contributed by atoms with E-state index in [0.29, 0.717) is 11.9 Å². The van der Waals surface area contributed by atoms with E-state index in [4.69, 9.17) is 4.42 Å². The first-order valence-electron chi connectivity index (χ1n) is 8.82.